The van der Waals surface area contributed by atoms with Crippen LogP contribution >= 0.6 is 0 Å². The van der Waals surface area contributed by atoms with Crippen LogP contribution in [0.1, 0.15) is 61.5 Å². The molecule has 0 radical (unpaired) electrons. The molecular weight excluding hydrogens is 396 g/mol. The smallest absolute Gasteiger partial charge is 0.255 e. The molecule has 1 amide bonds. The average Bonchev–Trinajstić information content (AvgIpc) is 2.68. The molecule has 2 aromatic rings. The number of anilines is 1. The van der Waals surface area contributed by atoms with Crippen molar-refractivity contribution < 1.29 is 13.2 Å². The Hall–Kier alpha value is -2.18. The fourth-order valence-corrected chi connectivity index (χ4v) is 5.94. The van der Waals surface area contributed by atoms with E-state index in [2.05, 4.69) is 33.0 Å². The molecule has 2 aromatic carbocycles. The summed E-state index contributed by atoms with van der Waals surface area (Å²) < 4.78 is 27.7. The highest BCUT2D eigenvalue weighted by Gasteiger charge is 2.31. The number of amides is 1. The molecule has 0 bridgehead atoms. The number of nitrogens with one attached hydrogen (secondary N) is 1. The summed E-state index contributed by atoms with van der Waals surface area (Å²) in [5.74, 6) is 0.730. The molecule has 30 heavy (non-hydrogen) atoms. The molecule has 1 N–H and O–H groups in total. The minimum absolute atomic E-state index is 0.235. The number of para-hydroxylation sites is 1. The van der Waals surface area contributed by atoms with Crippen LogP contribution in [0.4, 0.5) is 5.69 Å². The molecule has 2 atom stereocenters. The Kier molecular flexibility index (Phi) is 6.68. The van der Waals surface area contributed by atoms with E-state index in [4.69, 9.17) is 0 Å². The molecule has 6 heteroatoms. The maximum Gasteiger partial charge on any atom is 0.255 e. The largest absolute Gasteiger partial charge is 0.321 e. The molecule has 1 aliphatic heterocycles. The zero-order valence-electron chi connectivity index (χ0n) is 18.5. The first-order valence-corrected chi connectivity index (χ1v) is 12.0. The van der Waals surface area contributed by atoms with E-state index in [1.54, 1.807) is 16.4 Å². The first-order chi connectivity index (χ1) is 14.1. The van der Waals surface area contributed by atoms with Gasteiger partial charge in [-0.25, -0.2) is 8.42 Å². The highest BCUT2D eigenvalue weighted by atomic mass is 32.2. The zero-order chi connectivity index (χ0) is 22.1. The van der Waals surface area contributed by atoms with Crippen LogP contribution in [0.5, 0.6) is 0 Å². The van der Waals surface area contributed by atoms with Gasteiger partial charge in [-0.05, 0) is 66.5 Å². The first kappa shape index (κ1) is 22.5. The quantitative estimate of drug-likeness (QED) is 0.726. The van der Waals surface area contributed by atoms with Gasteiger partial charge in [-0.1, -0.05) is 45.9 Å². The van der Waals surface area contributed by atoms with E-state index in [9.17, 15) is 13.2 Å². The van der Waals surface area contributed by atoms with E-state index in [1.807, 2.05) is 25.1 Å². The number of benzene rings is 2. The minimum Gasteiger partial charge on any atom is -0.321 e. The van der Waals surface area contributed by atoms with E-state index in [0.29, 0.717) is 30.5 Å². The van der Waals surface area contributed by atoms with Crippen molar-refractivity contribution in [2.75, 3.05) is 18.4 Å². The highest BCUT2D eigenvalue weighted by molar-refractivity contribution is 7.89. The van der Waals surface area contributed by atoms with E-state index < -0.39 is 10.0 Å². The Morgan fingerprint density at radius 1 is 1.03 bits per heavy atom. The van der Waals surface area contributed by atoms with Crippen molar-refractivity contribution in [1.29, 1.82) is 0 Å². The number of piperidine rings is 1. The Morgan fingerprint density at radius 2 is 1.63 bits per heavy atom. The van der Waals surface area contributed by atoms with Crippen molar-refractivity contribution in [3.63, 3.8) is 0 Å². The number of aryl methyl sites for hydroxylation is 1. The summed E-state index contributed by atoms with van der Waals surface area (Å²) in [6.07, 6.45) is 1.04. The Morgan fingerprint density at radius 3 is 2.20 bits per heavy atom. The molecule has 0 spiro atoms. The minimum atomic E-state index is -3.55. The number of rotatable bonds is 5. The van der Waals surface area contributed by atoms with Crippen LogP contribution in [0.2, 0.25) is 0 Å². The summed E-state index contributed by atoms with van der Waals surface area (Å²) in [5.41, 5.74) is 3.34. The molecule has 1 fully saturated rings. The van der Waals surface area contributed by atoms with Crippen LogP contribution in [0.3, 0.4) is 0 Å². The van der Waals surface area contributed by atoms with Crippen molar-refractivity contribution in [3.05, 3.63) is 59.2 Å². The van der Waals surface area contributed by atoms with Crippen LogP contribution in [0.25, 0.3) is 0 Å². The van der Waals surface area contributed by atoms with Gasteiger partial charge in [0.1, 0.15) is 0 Å². The van der Waals surface area contributed by atoms with Crippen LogP contribution < -0.4 is 5.32 Å². The molecule has 0 saturated carbocycles. The summed E-state index contributed by atoms with van der Waals surface area (Å²) in [7, 11) is -3.55. The Bertz CT molecular complexity index is 1000. The maximum absolute atomic E-state index is 13.0. The van der Waals surface area contributed by atoms with Crippen molar-refractivity contribution >= 4 is 21.6 Å². The van der Waals surface area contributed by atoms with Crippen LogP contribution in [0, 0.1) is 18.8 Å². The third kappa shape index (κ3) is 4.76. The SMILES string of the molecule is Cc1cccc(C(C)C)c1NC(=O)c1ccc(S(=O)(=O)N2C[C@H](C)C[C@H](C)C2)cc1. The second-order valence-electron chi connectivity index (χ2n) is 8.94. The lowest BCUT2D eigenvalue weighted by atomic mass is 9.94. The Balaban J connectivity index is 1.80. The molecule has 1 heterocycles. The van der Waals surface area contributed by atoms with Crippen molar-refractivity contribution in [3.8, 4) is 0 Å². The highest BCUT2D eigenvalue weighted by Crippen LogP contribution is 2.29. The molecular formula is C24H32N2O3S. The molecule has 5 nitrogen and oxygen atoms in total. The lowest BCUT2D eigenvalue weighted by Gasteiger charge is -2.34. The summed E-state index contributed by atoms with van der Waals surface area (Å²) in [4.78, 5) is 13.1. The molecule has 1 aliphatic rings. The molecule has 0 aromatic heterocycles. The number of carbonyl (C=O) groups is 1. The summed E-state index contributed by atoms with van der Waals surface area (Å²) >= 11 is 0. The third-order valence-corrected chi connectivity index (χ3v) is 7.60. The van der Waals surface area contributed by atoms with Gasteiger partial charge in [0.15, 0.2) is 0 Å². The van der Waals surface area contributed by atoms with Crippen LogP contribution in [-0.2, 0) is 10.0 Å². The van der Waals surface area contributed by atoms with Gasteiger partial charge in [-0.15, -0.1) is 0 Å². The molecule has 3 rings (SSSR count). The lowest BCUT2D eigenvalue weighted by Crippen LogP contribution is -2.42. The molecule has 1 saturated heterocycles. The number of nitrogens with zero attached hydrogens (tertiary/aromatic N) is 1. The molecule has 0 aliphatic carbocycles. The van der Waals surface area contributed by atoms with Crippen LogP contribution in [-0.4, -0.2) is 31.7 Å². The van der Waals surface area contributed by atoms with E-state index in [1.165, 1.54) is 12.1 Å². The van der Waals surface area contributed by atoms with E-state index >= 15 is 0 Å². The monoisotopic (exact) mass is 428 g/mol. The first-order valence-electron chi connectivity index (χ1n) is 10.6. The fraction of sp³-hybridized carbons (Fsp3) is 0.458. The number of sulfonamides is 1. The second kappa shape index (κ2) is 8.90. The van der Waals surface area contributed by atoms with Gasteiger partial charge in [0.2, 0.25) is 10.0 Å². The lowest BCUT2D eigenvalue weighted by molar-refractivity contribution is 0.102. The predicted octanol–water partition coefficient (Wildman–Crippen LogP) is 5.04. The van der Waals surface area contributed by atoms with Gasteiger partial charge < -0.3 is 5.32 Å². The van der Waals surface area contributed by atoms with Gasteiger partial charge in [0.25, 0.3) is 5.91 Å². The normalized spacial score (nSPS) is 20.3. The standard InChI is InChI=1S/C24H32N2O3S/c1-16(2)22-8-6-7-19(5)23(22)25-24(27)20-9-11-21(12-10-20)30(28,29)26-14-17(3)13-18(4)15-26/h6-12,16-18H,13-15H2,1-5H3,(H,25,27)/t17-,18+. The zero-order valence-corrected chi connectivity index (χ0v) is 19.3. The van der Waals surface area contributed by atoms with Crippen molar-refractivity contribution in [2.24, 2.45) is 11.8 Å². The van der Waals surface area contributed by atoms with Gasteiger partial charge >= 0.3 is 0 Å². The summed E-state index contributed by atoms with van der Waals surface area (Å²) in [5, 5.41) is 3.01. The average molecular weight is 429 g/mol. The third-order valence-electron chi connectivity index (χ3n) is 5.76. The fourth-order valence-electron chi connectivity index (χ4n) is 4.26. The molecule has 162 valence electrons. The van der Waals surface area contributed by atoms with Crippen LogP contribution in [0.15, 0.2) is 47.4 Å². The van der Waals surface area contributed by atoms with Gasteiger partial charge in [0.05, 0.1) is 4.90 Å². The van der Waals surface area contributed by atoms with Gasteiger partial charge in [0, 0.05) is 24.3 Å². The summed E-state index contributed by atoms with van der Waals surface area (Å²) in [6.45, 7) is 11.4. The number of carbonyl (C=O) groups excluding carboxylic acids is 1. The number of hydrogen-bond donors (Lipinski definition) is 1. The van der Waals surface area contributed by atoms with Gasteiger partial charge in [-0.3, -0.25) is 4.79 Å². The Labute approximate surface area is 180 Å². The summed E-state index contributed by atoms with van der Waals surface area (Å²) in [6, 6.07) is 12.2. The van der Waals surface area contributed by atoms with E-state index in [-0.39, 0.29) is 16.7 Å². The number of hydrogen-bond acceptors (Lipinski definition) is 3. The van der Waals surface area contributed by atoms with Gasteiger partial charge in [-0.2, -0.15) is 4.31 Å². The van der Waals surface area contributed by atoms with Crippen molar-refractivity contribution in [1.82, 2.24) is 4.31 Å². The second-order valence-corrected chi connectivity index (χ2v) is 10.9. The topological polar surface area (TPSA) is 66.5 Å². The maximum atomic E-state index is 13.0. The molecule has 0 unspecified atom stereocenters. The van der Waals surface area contributed by atoms with Crippen molar-refractivity contribution in [2.45, 2.75) is 51.9 Å². The van der Waals surface area contributed by atoms with E-state index in [0.717, 1.165) is 23.2 Å². The predicted molar refractivity (Wildman–Crippen MR) is 121 cm³/mol.